The van der Waals surface area contributed by atoms with Gasteiger partial charge in [0.2, 0.25) is 0 Å². The molecule has 0 amide bonds. The molecule has 0 aliphatic heterocycles. The largest absolute Gasteiger partial charge is 0.487 e. The summed E-state index contributed by atoms with van der Waals surface area (Å²) in [5, 5.41) is 0.586. The second-order valence-corrected chi connectivity index (χ2v) is 4.93. The van der Waals surface area contributed by atoms with Crippen LogP contribution in [0.5, 0.6) is 5.75 Å². The zero-order chi connectivity index (χ0) is 12.3. The van der Waals surface area contributed by atoms with Gasteiger partial charge in [0.05, 0.1) is 5.02 Å². The van der Waals surface area contributed by atoms with Crippen LogP contribution < -0.4 is 10.5 Å². The summed E-state index contributed by atoms with van der Waals surface area (Å²) in [5.74, 6) is 0.664. The van der Waals surface area contributed by atoms with E-state index in [0.717, 1.165) is 15.7 Å². The predicted octanol–water partition coefficient (Wildman–Crippen LogP) is 4.26. The molecule has 0 unspecified atom stereocenters. The van der Waals surface area contributed by atoms with Crippen LogP contribution >= 0.6 is 27.5 Å². The molecule has 17 heavy (non-hydrogen) atoms. The molecular weight excluding hydrogens is 302 g/mol. The number of nitrogen functional groups attached to an aromatic ring is 1. The molecule has 0 atom stereocenters. The molecule has 0 heterocycles. The number of hydrogen-bond donors (Lipinski definition) is 1. The van der Waals surface area contributed by atoms with E-state index in [9.17, 15) is 0 Å². The van der Waals surface area contributed by atoms with Gasteiger partial charge in [-0.25, -0.2) is 0 Å². The Bertz CT molecular complexity index is 531. The van der Waals surface area contributed by atoms with Crippen LogP contribution in [0.4, 0.5) is 5.69 Å². The number of anilines is 1. The smallest absolute Gasteiger partial charge is 0.138 e. The fraction of sp³-hybridized carbons (Fsp3) is 0.0769. The second kappa shape index (κ2) is 5.43. The number of halogens is 2. The lowest BCUT2D eigenvalue weighted by molar-refractivity contribution is 0.306. The minimum atomic E-state index is 0.451. The Morgan fingerprint density at radius 2 is 2.00 bits per heavy atom. The molecule has 0 aliphatic rings. The molecule has 0 bridgehead atoms. The van der Waals surface area contributed by atoms with E-state index in [-0.39, 0.29) is 0 Å². The van der Waals surface area contributed by atoms with Gasteiger partial charge >= 0.3 is 0 Å². The summed E-state index contributed by atoms with van der Waals surface area (Å²) in [6, 6.07) is 13.1. The molecule has 0 spiro atoms. The molecule has 0 aromatic heterocycles. The average molecular weight is 313 g/mol. The lowest BCUT2D eigenvalue weighted by Crippen LogP contribution is -1.97. The highest BCUT2D eigenvalue weighted by Gasteiger charge is 2.02. The molecule has 2 rings (SSSR count). The topological polar surface area (TPSA) is 35.2 Å². The van der Waals surface area contributed by atoms with Gasteiger partial charge in [-0.2, -0.15) is 0 Å². The first-order valence-corrected chi connectivity index (χ1v) is 6.24. The van der Waals surface area contributed by atoms with Crippen LogP contribution in [0.25, 0.3) is 0 Å². The standard InChI is InChI=1S/C13H11BrClNO/c14-10-4-5-13(12(15)7-10)17-8-9-2-1-3-11(16)6-9/h1-7H,8,16H2. The molecule has 0 fully saturated rings. The van der Waals surface area contributed by atoms with E-state index in [1.807, 2.05) is 36.4 Å². The quantitative estimate of drug-likeness (QED) is 0.859. The van der Waals surface area contributed by atoms with Crippen LogP contribution in [0.15, 0.2) is 46.9 Å². The average Bonchev–Trinajstić information content (AvgIpc) is 2.28. The van der Waals surface area contributed by atoms with Gasteiger partial charge in [0, 0.05) is 10.2 Å². The van der Waals surface area contributed by atoms with Gasteiger partial charge in [0.25, 0.3) is 0 Å². The highest BCUT2D eigenvalue weighted by atomic mass is 79.9. The summed E-state index contributed by atoms with van der Waals surface area (Å²) < 4.78 is 6.55. The van der Waals surface area contributed by atoms with Crippen molar-refractivity contribution in [1.82, 2.24) is 0 Å². The van der Waals surface area contributed by atoms with Gasteiger partial charge in [0.1, 0.15) is 12.4 Å². The van der Waals surface area contributed by atoms with Crippen molar-refractivity contribution in [3.63, 3.8) is 0 Å². The molecule has 0 saturated heterocycles. The first-order valence-electron chi connectivity index (χ1n) is 5.07. The Balaban J connectivity index is 2.07. The molecule has 0 saturated carbocycles. The van der Waals surface area contributed by atoms with E-state index < -0.39 is 0 Å². The Kier molecular flexibility index (Phi) is 3.92. The van der Waals surface area contributed by atoms with E-state index in [2.05, 4.69) is 15.9 Å². The van der Waals surface area contributed by atoms with E-state index in [0.29, 0.717) is 17.4 Å². The molecule has 0 radical (unpaired) electrons. The highest BCUT2D eigenvalue weighted by molar-refractivity contribution is 9.10. The normalized spacial score (nSPS) is 10.2. The molecular formula is C13H11BrClNO. The minimum Gasteiger partial charge on any atom is -0.487 e. The SMILES string of the molecule is Nc1cccc(COc2ccc(Br)cc2Cl)c1. The van der Waals surface area contributed by atoms with E-state index in [1.54, 1.807) is 6.07 Å². The van der Waals surface area contributed by atoms with Crippen LogP contribution in [0, 0.1) is 0 Å². The summed E-state index contributed by atoms with van der Waals surface area (Å²) in [7, 11) is 0. The molecule has 88 valence electrons. The third kappa shape index (κ3) is 3.38. The maximum absolute atomic E-state index is 6.05. The van der Waals surface area contributed by atoms with Crippen molar-refractivity contribution in [1.29, 1.82) is 0 Å². The zero-order valence-electron chi connectivity index (χ0n) is 8.99. The van der Waals surface area contributed by atoms with E-state index in [1.165, 1.54) is 0 Å². The Labute approximate surface area is 113 Å². The summed E-state index contributed by atoms with van der Waals surface area (Å²) in [5.41, 5.74) is 7.44. The number of benzene rings is 2. The van der Waals surface area contributed by atoms with Crippen molar-refractivity contribution in [2.75, 3.05) is 5.73 Å². The molecule has 2 aromatic rings. The van der Waals surface area contributed by atoms with Crippen molar-refractivity contribution < 1.29 is 4.74 Å². The van der Waals surface area contributed by atoms with E-state index >= 15 is 0 Å². The van der Waals surface area contributed by atoms with Crippen molar-refractivity contribution in [3.05, 3.63) is 57.5 Å². The van der Waals surface area contributed by atoms with Gasteiger partial charge in [0.15, 0.2) is 0 Å². The zero-order valence-corrected chi connectivity index (χ0v) is 11.3. The summed E-state index contributed by atoms with van der Waals surface area (Å²) in [6.07, 6.45) is 0. The second-order valence-electron chi connectivity index (χ2n) is 3.61. The number of nitrogens with two attached hydrogens (primary N) is 1. The van der Waals surface area contributed by atoms with Crippen LogP contribution in [0.3, 0.4) is 0 Å². The van der Waals surface area contributed by atoms with Crippen LogP contribution in [-0.4, -0.2) is 0 Å². The maximum atomic E-state index is 6.05. The Hall–Kier alpha value is -1.19. The van der Waals surface area contributed by atoms with Crippen LogP contribution in [0.1, 0.15) is 5.56 Å². The van der Waals surface area contributed by atoms with Gasteiger partial charge in [-0.15, -0.1) is 0 Å². The van der Waals surface area contributed by atoms with Crippen LogP contribution in [-0.2, 0) is 6.61 Å². The summed E-state index contributed by atoms with van der Waals surface area (Å²) >= 11 is 9.39. The molecule has 2 aromatic carbocycles. The molecule has 2 N–H and O–H groups in total. The van der Waals surface area contributed by atoms with Crippen molar-refractivity contribution in [2.45, 2.75) is 6.61 Å². The van der Waals surface area contributed by atoms with E-state index in [4.69, 9.17) is 22.1 Å². The lowest BCUT2D eigenvalue weighted by atomic mass is 10.2. The number of hydrogen-bond acceptors (Lipinski definition) is 2. The fourth-order valence-corrected chi connectivity index (χ4v) is 2.16. The minimum absolute atomic E-state index is 0.451. The van der Waals surface area contributed by atoms with Crippen molar-refractivity contribution >= 4 is 33.2 Å². The lowest BCUT2D eigenvalue weighted by Gasteiger charge is -2.08. The van der Waals surface area contributed by atoms with Crippen LogP contribution in [0.2, 0.25) is 5.02 Å². The Morgan fingerprint density at radius 3 is 2.71 bits per heavy atom. The third-order valence-corrected chi connectivity index (χ3v) is 3.03. The molecule has 4 heteroatoms. The summed E-state index contributed by atoms with van der Waals surface area (Å²) in [6.45, 7) is 0.451. The number of rotatable bonds is 3. The first kappa shape index (κ1) is 12.3. The first-order chi connectivity index (χ1) is 8.15. The van der Waals surface area contributed by atoms with Crippen molar-refractivity contribution in [2.24, 2.45) is 0 Å². The van der Waals surface area contributed by atoms with Gasteiger partial charge in [-0.1, -0.05) is 39.7 Å². The third-order valence-electron chi connectivity index (χ3n) is 2.24. The maximum Gasteiger partial charge on any atom is 0.138 e. The monoisotopic (exact) mass is 311 g/mol. The van der Waals surface area contributed by atoms with Crippen molar-refractivity contribution in [3.8, 4) is 5.75 Å². The highest BCUT2D eigenvalue weighted by Crippen LogP contribution is 2.28. The Morgan fingerprint density at radius 1 is 1.18 bits per heavy atom. The number of ether oxygens (including phenoxy) is 1. The summed E-state index contributed by atoms with van der Waals surface area (Å²) in [4.78, 5) is 0. The fourth-order valence-electron chi connectivity index (χ4n) is 1.44. The predicted molar refractivity (Wildman–Crippen MR) is 74.3 cm³/mol. The molecule has 0 aliphatic carbocycles. The molecule has 2 nitrogen and oxygen atoms in total. The van der Waals surface area contributed by atoms with Gasteiger partial charge in [-0.05, 0) is 35.9 Å². The van der Waals surface area contributed by atoms with Gasteiger partial charge < -0.3 is 10.5 Å². The van der Waals surface area contributed by atoms with Gasteiger partial charge in [-0.3, -0.25) is 0 Å².